The molecule has 0 saturated carbocycles. The van der Waals surface area contributed by atoms with Crippen LogP contribution in [0.4, 0.5) is 5.69 Å². The van der Waals surface area contributed by atoms with E-state index in [9.17, 15) is 0 Å². The summed E-state index contributed by atoms with van der Waals surface area (Å²) in [5.74, 6) is 0.819. The Morgan fingerprint density at radius 1 is 1.43 bits per heavy atom. The quantitative estimate of drug-likeness (QED) is 0.496. The third-order valence-corrected chi connectivity index (χ3v) is 3.63. The lowest BCUT2D eigenvalue weighted by Crippen LogP contribution is -2.31. The topological polar surface area (TPSA) is 48.9 Å². The number of rotatable bonds is 5. The van der Waals surface area contributed by atoms with E-state index >= 15 is 0 Å². The number of hydrogen-bond donors (Lipinski definition) is 2. The van der Waals surface area contributed by atoms with Gasteiger partial charge < -0.3 is 15.0 Å². The molecule has 2 rings (SSSR count). The number of benzene rings is 1. The average Bonchev–Trinajstić information content (AvgIpc) is 3.02. The van der Waals surface area contributed by atoms with E-state index in [-0.39, 0.29) is 0 Å². The third kappa shape index (κ3) is 4.32. The van der Waals surface area contributed by atoms with Crippen molar-refractivity contribution in [1.82, 2.24) is 10.7 Å². The predicted molar refractivity (Wildman–Crippen MR) is 91.4 cm³/mol. The summed E-state index contributed by atoms with van der Waals surface area (Å²) in [5.41, 5.74) is 4.91. The SMILES string of the molecule is CCNC(=S)N/N=C\c1ccc(N2CCCC2)cc1OC. The van der Waals surface area contributed by atoms with E-state index in [1.165, 1.54) is 18.5 Å². The zero-order valence-electron chi connectivity index (χ0n) is 12.6. The fourth-order valence-electron chi connectivity index (χ4n) is 2.34. The number of thiocarbonyl (C=S) groups is 1. The Labute approximate surface area is 131 Å². The van der Waals surface area contributed by atoms with Gasteiger partial charge in [-0.15, -0.1) is 0 Å². The van der Waals surface area contributed by atoms with E-state index < -0.39 is 0 Å². The predicted octanol–water partition coefficient (Wildman–Crippen LogP) is 2.11. The maximum absolute atomic E-state index is 5.46. The molecule has 2 N–H and O–H groups in total. The molecule has 1 aliphatic heterocycles. The van der Waals surface area contributed by atoms with Crippen LogP contribution >= 0.6 is 12.2 Å². The van der Waals surface area contributed by atoms with Crippen molar-refractivity contribution < 1.29 is 4.74 Å². The van der Waals surface area contributed by atoms with Crippen molar-refractivity contribution in [1.29, 1.82) is 0 Å². The van der Waals surface area contributed by atoms with Gasteiger partial charge in [-0.2, -0.15) is 5.10 Å². The van der Waals surface area contributed by atoms with Gasteiger partial charge in [-0.05, 0) is 44.1 Å². The van der Waals surface area contributed by atoms with Gasteiger partial charge in [-0.3, -0.25) is 5.43 Å². The number of anilines is 1. The van der Waals surface area contributed by atoms with Crippen LogP contribution < -0.4 is 20.4 Å². The van der Waals surface area contributed by atoms with Gasteiger partial charge in [0.05, 0.1) is 13.3 Å². The Balaban J connectivity index is 2.05. The first kappa shape index (κ1) is 15.6. The molecular formula is C15H22N4OS. The van der Waals surface area contributed by atoms with Crippen molar-refractivity contribution >= 4 is 29.2 Å². The van der Waals surface area contributed by atoms with Crippen molar-refractivity contribution in [2.24, 2.45) is 5.10 Å². The van der Waals surface area contributed by atoms with Crippen LogP contribution in [0.25, 0.3) is 0 Å². The minimum atomic E-state index is 0.515. The minimum Gasteiger partial charge on any atom is -0.496 e. The molecule has 0 aromatic heterocycles. The van der Waals surface area contributed by atoms with Crippen LogP contribution in [-0.2, 0) is 0 Å². The number of methoxy groups -OCH3 is 1. The highest BCUT2D eigenvalue weighted by Crippen LogP contribution is 2.27. The third-order valence-electron chi connectivity index (χ3n) is 3.40. The Kier molecular flexibility index (Phi) is 5.80. The first-order valence-corrected chi connectivity index (χ1v) is 7.65. The maximum atomic E-state index is 5.46. The van der Waals surface area contributed by atoms with Gasteiger partial charge in [-0.1, -0.05) is 0 Å². The van der Waals surface area contributed by atoms with Gasteiger partial charge in [-0.25, -0.2) is 0 Å². The van der Waals surface area contributed by atoms with Crippen LogP contribution in [-0.4, -0.2) is 38.1 Å². The largest absolute Gasteiger partial charge is 0.496 e. The second-order valence-corrected chi connectivity index (χ2v) is 5.26. The highest BCUT2D eigenvalue weighted by molar-refractivity contribution is 7.80. The molecule has 0 spiro atoms. The van der Waals surface area contributed by atoms with E-state index in [1.807, 2.05) is 13.0 Å². The molecule has 1 aromatic carbocycles. The highest BCUT2D eigenvalue weighted by atomic mass is 32.1. The van der Waals surface area contributed by atoms with Crippen LogP contribution in [0, 0.1) is 0 Å². The van der Waals surface area contributed by atoms with Crippen molar-refractivity contribution in [3.63, 3.8) is 0 Å². The fourth-order valence-corrected chi connectivity index (χ4v) is 2.54. The lowest BCUT2D eigenvalue weighted by atomic mass is 10.2. The molecule has 1 saturated heterocycles. The summed E-state index contributed by atoms with van der Waals surface area (Å²) in [6, 6.07) is 6.20. The molecule has 0 aliphatic carbocycles. The molecule has 1 aromatic rings. The molecule has 0 amide bonds. The minimum absolute atomic E-state index is 0.515. The number of hydrogen-bond acceptors (Lipinski definition) is 4. The lowest BCUT2D eigenvalue weighted by molar-refractivity contribution is 0.414. The van der Waals surface area contributed by atoms with E-state index in [0.717, 1.165) is 30.9 Å². The summed E-state index contributed by atoms with van der Waals surface area (Å²) < 4.78 is 5.46. The first-order chi connectivity index (χ1) is 10.2. The molecule has 0 bridgehead atoms. The Bertz CT molecular complexity index is 512. The van der Waals surface area contributed by atoms with Crippen molar-refractivity contribution in [3.05, 3.63) is 23.8 Å². The van der Waals surface area contributed by atoms with Crippen LogP contribution in [0.5, 0.6) is 5.75 Å². The molecule has 1 fully saturated rings. The van der Waals surface area contributed by atoms with Crippen molar-refractivity contribution in [3.8, 4) is 5.75 Å². The van der Waals surface area contributed by atoms with Gasteiger partial charge in [0.1, 0.15) is 5.75 Å². The molecule has 5 nitrogen and oxygen atoms in total. The summed E-state index contributed by atoms with van der Waals surface area (Å²) >= 11 is 5.05. The molecule has 1 aliphatic rings. The Morgan fingerprint density at radius 2 is 2.19 bits per heavy atom. The lowest BCUT2D eigenvalue weighted by Gasteiger charge is -2.18. The molecule has 0 atom stereocenters. The fraction of sp³-hybridized carbons (Fsp3) is 0.467. The second kappa shape index (κ2) is 7.83. The molecular weight excluding hydrogens is 284 g/mol. The zero-order valence-corrected chi connectivity index (χ0v) is 13.4. The average molecular weight is 306 g/mol. The summed E-state index contributed by atoms with van der Waals surface area (Å²) in [4.78, 5) is 2.38. The number of nitrogens with zero attached hydrogens (tertiary/aromatic N) is 2. The van der Waals surface area contributed by atoms with E-state index in [0.29, 0.717) is 5.11 Å². The molecule has 0 radical (unpaired) electrons. The monoisotopic (exact) mass is 306 g/mol. The summed E-state index contributed by atoms with van der Waals surface area (Å²) in [7, 11) is 1.68. The van der Waals surface area contributed by atoms with Gasteiger partial charge in [0.25, 0.3) is 0 Å². The standard InChI is InChI=1S/C15H22N4OS/c1-3-16-15(21)18-17-11-12-6-7-13(10-14(12)20-2)19-8-4-5-9-19/h6-7,10-11H,3-5,8-9H2,1-2H3,(H2,16,18,21)/b17-11-. The number of ether oxygens (including phenoxy) is 1. The molecule has 0 unspecified atom stereocenters. The Hall–Kier alpha value is -1.82. The van der Waals surface area contributed by atoms with Crippen LogP contribution in [0.2, 0.25) is 0 Å². The second-order valence-electron chi connectivity index (χ2n) is 4.85. The molecule has 114 valence electrons. The van der Waals surface area contributed by atoms with Crippen LogP contribution in [0.15, 0.2) is 23.3 Å². The summed E-state index contributed by atoms with van der Waals surface area (Å²) in [6.07, 6.45) is 4.24. The van der Waals surface area contributed by atoms with Crippen LogP contribution in [0.1, 0.15) is 25.3 Å². The van der Waals surface area contributed by atoms with Crippen molar-refractivity contribution in [2.45, 2.75) is 19.8 Å². The van der Waals surface area contributed by atoms with Gasteiger partial charge >= 0.3 is 0 Å². The molecule has 21 heavy (non-hydrogen) atoms. The van der Waals surface area contributed by atoms with Crippen molar-refractivity contribution in [2.75, 3.05) is 31.6 Å². The number of hydrazone groups is 1. The summed E-state index contributed by atoms with van der Waals surface area (Å²) in [6.45, 7) is 5.00. The number of nitrogens with one attached hydrogen (secondary N) is 2. The normalized spacial score (nSPS) is 14.5. The first-order valence-electron chi connectivity index (χ1n) is 7.24. The molecule has 6 heteroatoms. The van der Waals surface area contributed by atoms with E-state index in [2.05, 4.69) is 32.9 Å². The van der Waals surface area contributed by atoms with Gasteiger partial charge in [0, 0.05) is 37.0 Å². The Morgan fingerprint density at radius 3 is 2.86 bits per heavy atom. The van der Waals surface area contributed by atoms with Crippen LogP contribution in [0.3, 0.4) is 0 Å². The smallest absolute Gasteiger partial charge is 0.186 e. The highest BCUT2D eigenvalue weighted by Gasteiger charge is 2.13. The van der Waals surface area contributed by atoms with E-state index in [1.54, 1.807) is 13.3 Å². The zero-order chi connectivity index (χ0) is 15.1. The summed E-state index contributed by atoms with van der Waals surface area (Å²) in [5, 5.41) is 7.61. The van der Waals surface area contributed by atoms with E-state index in [4.69, 9.17) is 17.0 Å². The van der Waals surface area contributed by atoms with Gasteiger partial charge in [0.2, 0.25) is 0 Å². The van der Waals surface area contributed by atoms with Gasteiger partial charge in [0.15, 0.2) is 5.11 Å². The molecule has 1 heterocycles. The maximum Gasteiger partial charge on any atom is 0.186 e.